The van der Waals surface area contributed by atoms with Crippen LogP contribution in [0.4, 0.5) is 5.69 Å². The fraction of sp³-hybridized carbons (Fsp3) is 0.480. The van der Waals surface area contributed by atoms with Crippen LogP contribution >= 0.6 is 0 Å². The van der Waals surface area contributed by atoms with Crippen LogP contribution in [0, 0.1) is 5.92 Å². The third-order valence-corrected chi connectivity index (χ3v) is 6.91. The number of para-hydroxylation sites is 1. The number of aliphatic hydroxyl groups excluding tert-OH is 1. The number of hydrazine groups is 1. The molecule has 4 rings (SSSR count). The minimum atomic E-state index is -1.05. The molecule has 160 valence electrons. The van der Waals surface area contributed by atoms with Gasteiger partial charge in [0.25, 0.3) is 0 Å². The zero-order valence-electron chi connectivity index (χ0n) is 17.6. The van der Waals surface area contributed by atoms with Crippen LogP contribution in [-0.4, -0.2) is 22.8 Å². The normalized spacial score (nSPS) is 28.8. The van der Waals surface area contributed by atoms with Crippen LogP contribution in [0.5, 0.6) is 0 Å². The minimum absolute atomic E-state index is 0.0863. The summed E-state index contributed by atoms with van der Waals surface area (Å²) in [4.78, 5) is 13.7. The second-order valence-electron chi connectivity index (χ2n) is 8.86. The van der Waals surface area contributed by atoms with E-state index in [1.54, 1.807) is 0 Å². The van der Waals surface area contributed by atoms with Crippen molar-refractivity contribution in [3.05, 3.63) is 65.7 Å². The van der Waals surface area contributed by atoms with Gasteiger partial charge in [-0.3, -0.25) is 10.6 Å². The number of ether oxygens (including phenoxy) is 1. The van der Waals surface area contributed by atoms with Crippen LogP contribution in [0.3, 0.4) is 0 Å². The Morgan fingerprint density at radius 2 is 1.80 bits per heavy atom. The van der Waals surface area contributed by atoms with Crippen LogP contribution in [-0.2, 0) is 21.4 Å². The number of aryl methyl sites for hydroxylation is 1. The second kappa shape index (κ2) is 8.40. The highest BCUT2D eigenvalue weighted by atomic mass is 16.6. The molecule has 3 atom stereocenters. The molecule has 1 aliphatic heterocycles. The number of nitrogens with one attached hydrogen (secondary N) is 1. The second-order valence-corrected chi connectivity index (χ2v) is 8.86. The Morgan fingerprint density at radius 3 is 2.43 bits per heavy atom. The number of nitrogens with two attached hydrogens (primary N) is 1. The maximum Gasteiger partial charge on any atom is 0.320 e. The van der Waals surface area contributed by atoms with Gasteiger partial charge in [-0.25, -0.2) is 0 Å². The van der Waals surface area contributed by atoms with E-state index in [2.05, 4.69) is 24.5 Å². The van der Waals surface area contributed by atoms with Gasteiger partial charge in [0.1, 0.15) is 11.0 Å². The molecule has 2 aromatic carbocycles. The molecule has 2 aliphatic rings. The number of carbonyl (C=O) groups excluding carboxylic acids is 1. The average Bonchev–Trinajstić information content (AvgIpc) is 3.59. The summed E-state index contributed by atoms with van der Waals surface area (Å²) < 4.78 is 6.31. The molecule has 3 unspecified atom stereocenters. The minimum Gasteiger partial charge on any atom is -0.458 e. The fourth-order valence-corrected chi connectivity index (χ4v) is 5.33. The number of nitrogen functional groups attached to an aromatic ring is 1. The van der Waals surface area contributed by atoms with Gasteiger partial charge >= 0.3 is 5.97 Å². The number of esters is 1. The topological polar surface area (TPSA) is 84.6 Å². The summed E-state index contributed by atoms with van der Waals surface area (Å²) >= 11 is 0. The Kier molecular flexibility index (Phi) is 5.85. The summed E-state index contributed by atoms with van der Waals surface area (Å²) in [6.45, 7) is 2.10. The fourth-order valence-electron chi connectivity index (χ4n) is 5.33. The Bertz CT molecular complexity index is 883. The van der Waals surface area contributed by atoms with Gasteiger partial charge in [-0.15, -0.1) is 0 Å². The van der Waals surface area contributed by atoms with Gasteiger partial charge in [0.15, 0.2) is 0 Å². The summed E-state index contributed by atoms with van der Waals surface area (Å²) in [7, 11) is 0. The van der Waals surface area contributed by atoms with Crippen LogP contribution in [0.2, 0.25) is 0 Å². The number of hydrogen-bond donors (Lipinski definition) is 3. The maximum absolute atomic E-state index is 13.7. The third-order valence-electron chi connectivity index (χ3n) is 6.91. The summed E-state index contributed by atoms with van der Waals surface area (Å²) in [5.74, 6) is 5.55. The molecule has 1 heterocycles. The molecule has 1 aliphatic carbocycles. The van der Waals surface area contributed by atoms with Crippen molar-refractivity contribution in [2.24, 2.45) is 11.8 Å². The van der Waals surface area contributed by atoms with E-state index in [1.807, 2.05) is 42.5 Å². The number of aliphatic hydroxyl groups is 1. The predicted octanol–water partition coefficient (Wildman–Crippen LogP) is 4.10. The van der Waals surface area contributed by atoms with Crippen molar-refractivity contribution in [3.8, 4) is 0 Å². The SMILES string of the molecule is CCCC1(CCc2ccccc2)CC(O)C(c2ccccc2NN)(C2CC2)C(=O)O1. The molecule has 2 fully saturated rings. The van der Waals surface area contributed by atoms with Crippen LogP contribution in [0.25, 0.3) is 0 Å². The molecule has 4 N–H and O–H groups in total. The number of hydrogen-bond acceptors (Lipinski definition) is 5. The monoisotopic (exact) mass is 408 g/mol. The highest BCUT2D eigenvalue weighted by Crippen LogP contribution is 2.56. The first-order valence-electron chi connectivity index (χ1n) is 11.1. The third kappa shape index (κ3) is 3.61. The van der Waals surface area contributed by atoms with E-state index in [0.717, 1.165) is 37.7 Å². The predicted molar refractivity (Wildman–Crippen MR) is 118 cm³/mol. The number of anilines is 1. The maximum atomic E-state index is 13.7. The van der Waals surface area contributed by atoms with Crippen molar-refractivity contribution in [3.63, 3.8) is 0 Å². The first-order chi connectivity index (χ1) is 14.6. The number of benzene rings is 2. The zero-order chi connectivity index (χ0) is 21.2. The molecular formula is C25H32N2O3. The van der Waals surface area contributed by atoms with Gasteiger partial charge < -0.3 is 15.3 Å². The summed E-state index contributed by atoms with van der Waals surface area (Å²) in [6.07, 6.45) is 4.65. The van der Waals surface area contributed by atoms with E-state index in [-0.39, 0.29) is 11.9 Å². The van der Waals surface area contributed by atoms with Gasteiger partial charge in [0.05, 0.1) is 11.8 Å². The van der Waals surface area contributed by atoms with E-state index in [0.29, 0.717) is 18.5 Å². The molecule has 1 saturated carbocycles. The van der Waals surface area contributed by atoms with Gasteiger partial charge in [-0.2, -0.15) is 0 Å². The molecule has 0 radical (unpaired) electrons. The Hall–Kier alpha value is -2.37. The van der Waals surface area contributed by atoms with Crippen molar-refractivity contribution in [1.82, 2.24) is 0 Å². The van der Waals surface area contributed by atoms with Crippen molar-refractivity contribution >= 4 is 11.7 Å². The molecule has 30 heavy (non-hydrogen) atoms. The highest BCUT2D eigenvalue weighted by Gasteiger charge is 2.63. The van der Waals surface area contributed by atoms with E-state index < -0.39 is 17.1 Å². The van der Waals surface area contributed by atoms with Crippen molar-refractivity contribution < 1.29 is 14.6 Å². The first kappa shape index (κ1) is 20.9. The summed E-state index contributed by atoms with van der Waals surface area (Å²) in [5.41, 5.74) is 3.67. The average molecular weight is 409 g/mol. The molecule has 0 amide bonds. The molecule has 0 bridgehead atoms. The molecule has 0 aromatic heterocycles. The van der Waals surface area contributed by atoms with Crippen molar-refractivity contribution in [2.45, 2.75) is 69.0 Å². The molecule has 5 nitrogen and oxygen atoms in total. The lowest BCUT2D eigenvalue weighted by atomic mass is 9.65. The van der Waals surface area contributed by atoms with Crippen LogP contribution < -0.4 is 11.3 Å². The quantitative estimate of drug-likeness (QED) is 0.348. The molecule has 5 heteroatoms. The van der Waals surface area contributed by atoms with Crippen molar-refractivity contribution in [2.75, 3.05) is 5.43 Å². The van der Waals surface area contributed by atoms with Crippen LogP contribution in [0.1, 0.15) is 56.6 Å². The highest BCUT2D eigenvalue weighted by molar-refractivity contribution is 5.88. The largest absolute Gasteiger partial charge is 0.458 e. The van der Waals surface area contributed by atoms with E-state index in [9.17, 15) is 9.90 Å². The molecule has 1 saturated heterocycles. The van der Waals surface area contributed by atoms with Gasteiger partial charge in [-0.1, -0.05) is 61.9 Å². The van der Waals surface area contributed by atoms with Gasteiger partial charge in [0.2, 0.25) is 0 Å². The zero-order valence-corrected chi connectivity index (χ0v) is 17.6. The Labute approximate surface area is 178 Å². The lowest BCUT2D eigenvalue weighted by molar-refractivity contribution is -0.197. The van der Waals surface area contributed by atoms with Crippen molar-refractivity contribution in [1.29, 1.82) is 0 Å². The standard InChI is InChI=1S/C25H32N2O3/c1-2-15-24(16-14-18-8-4-3-5-9-18)17-22(28)25(19-12-13-19,23(29)30-24)20-10-6-7-11-21(20)27-26/h3-11,19,22,27-28H,2,12-17,26H2,1H3. The van der Waals surface area contributed by atoms with E-state index >= 15 is 0 Å². The first-order valence-corrected chi connectivity index (χ1v) is 11.1. The Balaban J connectivity index is 1.66. The number of carbonyl (C=O) groups is 1. The summed E-state index contributed by atoms with van der Waals surface area (Å²) in [6, 6.07) is 17.8. The lowest BCUT2D eigenvalue weighted by Crippen LogP contribution is -2.60. The number of rotatable bonds is 8. The molecule has 0 spiro atoms. The smallest absolute Gasteiger partial charge is 0.320 e. The Morgan fingerprint density at radius 1 is 1.10 bits per heavy atom. The van der Waals surface area contributed by atoms with E-state index in [1.165, 1.54) is 5.56 Å². The van der Waals surface area contributed by atoms with Gasteiger partial charge in [0, 0.05) is 6.42 Å². The van der Waals surface area contributed by atoms with E-state index in [4.69, 9.17) is 10.6 Å². The number of cyclic esters (lactones) is 1. The van der Waals surface area contributed by atoms with Crippen LogP contribution in [0.15, 0.2) is 54.6 Å². The summed E-state index contributed by atoms with van der Waals surface area (Å²) in [5, 5.41) is 11.6. The molecule has 2 aromatic rings. The molecular weight excluding hydrogens is 376 g/mol. The van der Waals surface area contributed by atoms with Gasteiger partial charge in [-0.05, 0) is 55.2 Å². The lowest BCUT2D eigenvalue weighted by Gasteiger charge is -2.49.